The Morgan fingerprint density at radius 2 is 2.06 bits per heavy atom. The van der Waals surface area contributed by atoms with Crippen LogP contribution >= 0.6 is 11.3 Å². The van der Waals surface area contributed by atoms with E-state index in [-0.39, 0.29) is 23.1 Å². The number of rotatable bonds is 2. The summed E-state index contributed by atoms with van der Waals surface area (Å²) in [4.78, 5) is 14.7. The van der Waals surface area contributed by atoms with E-state index in [1.54, 1.807) is 0 Å². The summed E-state index contributed by atoms with van der Waals surface area (Å²) in [6.45, 7) is 0. The zero-order chi connectivity index (χ0) is 11.8. The van der Waals surface area contributed by atoms with Crippen molar-refractivity contribution in [2.75, 3.05) is 11.5 Å². The van der Waals surface area contributed by atoms with Crippen LogP contribution in [0.5, 0.6) is 0 Å². The molecule has 0 radical (unpaired) electrons. The van der Waals surface area contributed by atoms with E-state index in [4.69, 9.17) is 5.11 Å². The summed E-state index contributed by atoms with van der Waals surface area (Å²) in [5, 5.41) is 11.0. The van der Waals surface area contributed by atoms with Gasteiger partial charge in [-0.2, -0.15) is 0 Å². The molecular formula is C9H11NO4S2. The van der Waals surface area contributed by atoms with Gasteiger partial charge in [0.25, 0.3) is 0 Å². The Morgan fingerprint density at radius 1 is 1.44 bits per heavy atom. The molecule has 0 bridgehead atoms. The molecule has 1 aromatic heterocycles. The molecule has 88 valence electrons. The Balaban J connectivity index is 2.11. The van der Waals surface area contributed by atoms with Gasteiger partial charge < -0.3 is 5.11 Å². The van der Waals surface area contributed by atoms with Crippen molar-refractivity contribution in [3.8, 4) is 0 Å². The summed E-state index contributed by atoms with van der Waals surface area (Å²) in [6, 6.07) is 0. The van der Waals surface area contributed by atoms with Crippen molar-refractivity contribution in [3.63, 3.8) is 0 Å². The van der Waals surface area contributed by atoms with E-state index < -0.39 is 15.8 Å². The molecule has 1 aliphatic rings. The lowest BCUT2D eigenvalue weighted by atomic mass is 10.0. The highest BCUT2D eigenvalue weighted by atomic mass is 32.2. The number of carbonyl (C=O) groups is 1. The summed E-state index contributed by atoms with van der Waals surface area (Å²) in [6.07, 6.45) is 1.10. The third kappa shape index (κ3) is 2.41. The lowest BCUT2D eigenvalue weighted by molar-refractivity contribution is 0.0691. The summed E-state index contributed by atoms with van der Waals surface area (Å²) < 4.78 is 22.5. The zero-order valence-corrected chi connectivity index (χ0v) is 10.1. The lowest BCUT2D eigenvalue weighted by Crippen LogP contribution is -2.22. The van der Waals surface area contributed by atoms with Crippen molar-refractivity contribution in [3.05, 3.63) is 16.1 Å². The van der Waals surface area contributed by atoms with E-state index in [0.717, 1.165) is 5.01 Å². The largest absolute Gasteiger partial charge is 0.476 e. The van der Waals surface area contributed by atoms with Gasteiger partial charge in [-0.1, -0.05) is 0 Å². The standard InChI is InChI=1S/C9H11NO4S2/c11-9(12)7-5-15-8(10-7)6-1-3-16(13,14)4-2-6/h5-6H,1-4H2,(H,11,12). The van der Waals surface area contributed by atoms with Crippen LogP contribution in [-0.2, 0) is 9.84 Å². The van der Waals surface area contributed by atoms with Crippen molar-refractivity contribution < 1.29 is 18.3 Å². The molecule has 1 aromatic rings. The van der Waals surface area contributed by atoms with Crippen LogP contribution in [0.1, 0.15) is 34.3 Å². The Labute approximate surface area is 97.1 Å². The third-order valence-electron chi connectivity index (χ3n) is 2.64. The molecule has 2 heterocycles. The van der Waals surface area contributed by atoms with Crippen molar-refractivity contribution >= 4 is 27.1 Å². The average molecular weight is 261 g/mol. The van der Waals surface area contributed by atoms with Crippen molar-refractivity contribution in [1.29, 1.82) is 0 Å². The molecule has 16 heavy (non-hydrogen) atoms. The number of carboxylic acids is 1. The van der Waals surface area contributed by atoms with Gasteiger partial charge in [-0.25, -0.2) is 18.2 Å². The van der Waals surface area contributed by atoms with Gasteiger partial charge in [0.1, 0.15) is 9.84 Å². The Hall–Kier alpha value is -0.950. The summed E-state index contributed by atoms with van der Waals surface area (Å²) in [5.74, 6) is -0.577. The zero-order valence-electron chi connectivity index (χ0n) is 8.42. The van der Waals surface area contributed by atoms with E-state index in [0.29, 0.717) is 12.8 Å². The SMILES string of the molecule is O=C(O)c1csc(C2CCS(=O)(=O)CC2)n1. The summed E-state index contributed by atoms with van der Waals surface area (Å²) >= 11 is 1.30. The summed E-state index contributed by atoms with van der Waals surface area (Å²) in [5.41, 5.74) is 0.0495. The Kier molecular flexibility index (Phi) is 2.98. The monoisotopic (exact) mass is 261 g/mol. The van der Waals surface area contributed by atoms with E-state index in [1.807, 2.05) is 0 Å². The van der Waals surface area contributed by atoms with E-state index in [1.165, 1.54) is 16.7 Å². The van der Waals surface area contributed by atoms with Gasteiger partial charge in [-0.3, -0.25) is 0 Å². The minimum absolute atomic E-state index is 0.0495. The molecule has 7 heteroatoms. The fraction of sp³-hybridized carbons (Fsp3) is 0.556. The maximum atomic E-state index is 11.2. The van der Waals surface area contributed by atoms with Crippen LogP contribution < -0.4 is 0 Å². The van der Waals surface area contributed by atoms with Crippen molar-refractivity contribution in [2.24, 2.45) is 0 Å². The molecule has 0 aromatic carbocycles. The van der Waals surface area contributed by atoms with Gasteiger partial charge in [-0.15, -0.1) is 11.3 Å². The first-order valence-corrected chi connectivity index (χ1v) is 7.57. The van der Waals surface area contributed by atoms with Gasteiger partial charge >= 0.3 is 5.97 Å². The number of carboxylic acid groups (broad SMARTS) is 1. The molecule has 5 nitrogen and oxygen atoms in total. The highest BCUT2D eigenvalue weighted by molar-refractivity contribution is 7.91. The van der Waals surface area contributed by atoms with Crippen LogP contribution in [0.3, 0.4) is 0 Å². The first-order chi connectivity index (χ1) is 7.48. The molecule has 1 aliphatic heterocycles. The fourth-order valence-electron chi connectivity index (χ4n) is 1.71. The van der Waals surface area contributed by atoms with Crippen molar-refractivity contribution in [1.82, 2.24) is 4.98 Å². The fourth-order valence-corrected chi connectivity index (χ4v) is 4.17. The second kappa shape index (κ2) is 4.14. The number of thiazole rings is 1. The predicted molar refractivity (Wildman–Crippen MR) is 59.7 cm³/mol. The Morgan fingerprint density at radius 3 is 2.56 bits per heavy atom. The third-order valence-corrected chi connectivity index (χ3v) is 5.37. The van der Waals surface area contributed by atoms with Crippen LogP contribution in [0.2, 0.25) is 0 Å². The molecule has 0 unspecified atom stereocenters. The Bertz CT molecular complexity index is 491. The minimum Gasteiger partial charge on any atom is -0.476 e. The topological polar surface area (TPSA) is 84.3 Å². The highest BCUT2D eigenvalue weighted by Gasteiger charge is 2.27. The van der Waals surface area contributed by atoms with Gasteiger partial charge in [0.2, 0.25) is 0 Å². The first-order valence-electron chi connectivity index (χ1n) is 4.87. The van der Waals surface area contributed by atoms with Crippen LogP contribution in [0, 0.1) is 0 Å². The molecule has 0 aliphatic carbocycles. The van der Waals surface area contributed by atoms with Crippen LogP contribution in [-0.4, -0.2) is 36.0 Å². The second-order valence-electron chi connectivity index (χ2n) is 3.80. The van der Waals surface area contributed by atoms with Crippen LogP contribution in [0.15, 0.2) is 5.38 Å². The molecule has 1 N–H and O–H groups in total. The lowest BCUT2D eigenvalue weighted by Gasteiger charge is -2.19. The smallest absolute Gasteiger partial charge is 0.355 e. The number of aromatic nitrogens is 1. The maximum Gasteiger partial charge on any atom is 0.355 e. The molecule has 1 saturated heterocycles. The van der Waals surface area contributed by atoms with E-state index >= 15 is 0 Å². The maximum absolute atomic E-state index is 11.2. The van der Waals surface area contributed by atoms with Gasteiger partial charge in [-0.05, 0) is 12.8 Å². The molecule has 0 saturated carbocycles. The summed E-state index contributed by atoms with van der Waals surface area (Å²) in [7, 11) is -2.87. The quantitative estimate of drug-likeness (QED) is 0.862. The molecule has 0 amide bonds. The molecule has 0 spiro atoms. The highest BCUT2D eigenvalue weighted by Crippen LogP contribution is 2.31. The number of nitrogens with zero attached hydrogens (tertiary/aromatic N) is 1. The van der Waals surface area contributed by atoms with Crippen LogP contribution in [0.4, 0.5) is 0 Å². The average Bonchev–Trinajstić information content (AvgIpc) is 2.66. The number of hydrogen-bond acceptors (Lipinski definition) is 5. The number of hydrogen-bond donors (Lipinski definition) is 1. The van der Waals surface area contributed by atoms with Crippen molar-refractivity contribution in [2.45, 2.75) is 18.8 Å². The van der Waals surface area contributed by atoms with Gasteiger partial charge in [0, 0.05) is 11.3 Å². The number of aromatic carboxylic acids is 1. The minimum atomic E-state index is -2.87. The first kappa shape index (κ1) is 11.5. The second-order valence-corrected chi connectivity index (χ2v) is 7.00. The number of sulfone groups is 1. The van der Waals surface area contributed by atoms with Crippen LogP contribution in [0.25, 0.3) is 0 Å². The van der Waals surface area contributed by atoms with E-state index in [2.05, 4.69) is 4.98 Å². The predicted octanol–water partition coefficient (Wildman–Crippen LogP) is 1.13. The van der Waals surface area contributed by atoms with Gasteiger partial charge in [0.05, 0.1) is 16.5 Å². The molecular weight excluding hydrogens is 250 g/mol. The van der Waals surface area contributed by atoms with E-state index in [9.17, 15) is 13.2 Å². The molecule has 2 rings (SSSR count). The van der Waals surface area contributed by atoms with Gasteiger partial charge in [0.15, 0.2) is 5.69 Å². The normalized spacial score (nSPS) is 20.8. The molecule has 0 atom stereocenters. The molecule has 1 fully saturated rings.